The number of hydrogen-bond donors (Lipinski definition) is 1. The van der Waals surface area contributed by atoms with Gasteiger partial charge in [-0.05, 0) is 36.8 Å². The van der Waals surface area contributed by atoms with Crippen molar-refractivity contribution in [1.82, 2.24) is 10.3 Å². The van der Waals surface area contributed by atoms with Crippen molar-refractivity contribution in [1.29, 1.82) is 0 Å². The number of pyridine rings is 1. The molecule has 4 rings (SSSR count). The predicted octanol–water partition coefficient (Wildman–Crippen LogP) is 3.43. The Morgan fingerprint density at radius 1 is 1.04 bits per heavy atom. The molecule has 2 heterocycles. The molecular formula is C21H21N3O2S. The average molecular weight is 379 g/mol. The molecule has 1 unspecified atom stereocenters. The lowest BCUT2D eigenvalue weighted by Crippen LogP contribution is -2.33. The first-order chi connectivity index (χ1) is 13.1. The first-order valence-electron chi connectivity index (χ1n) is 8.87. The molecule has 0 amide bonds. The number of fused-ring (bicyclic) bond motifs is 1. The fourth-order valence-electron chi connectivity index (χ4n) is 3.30. The zero-order valence-corrected chi connectivity index (χ0v) is 15.9. The number of rotatable bonds is 5. The van der Waals surface area contributed by atoms with E-state index in [9.17, 15) is 8.42 Å². The maximum Gasteiger partial charge on any atom is 0.264 e. The Kier molecular flexibility index (Phi) is 4.68. The van der Waals surface area contributed by atoms with Crippen molar-refractivity contribution in [3.63, 3.8) is 0 Å². The Morgan fingerprint density at radius 3 is 2.52 bits per heavy atom. The van der Waals surface area contributed by atoms with E-state index in [4.69, 9.17) is 0 Å². The van der Waals surface area contributed by atoms with Gasteiger partial charge in [0, 0.05) is 12.7 Å². The van der Waals surface area contributed by atoms with Crippen LogP contribution in [0.3, 0.4) is 0 Å². The summed E-state index contributed by atoms with van der Waals surface area (Å²) in [4.78, 5) is 4.75. The highest BCUT2D eigenvalue weighted by Gasteiger charge is 2.37. The molecule has 0 fully saturated rings. The number of benzene rings is 2. The normalized spacial score (nSPS) is 16.3. The van der Waals surface area contributed by atoms with Gasteiger partial charge in [-0.25, -0.2) is 8.42 Å². The van der Waals surface area contributed by atoms with Crippen LogP contribution in [0.15, 0.2) is 77.8 Å². The van der Waals surface area contributed by atoms with Gasteiger partial charge < -0.3 is 5.32 Å². The minimum Gasteiger partial charge on any atom is -0.303 e. The summed E-state index contributed by atoms with van der Waals surface area (Å²) < 4.78 is 27.9. The van der Waals surface area contributed by atoms with Gasteiger partial charge in [0.15, 0.2) is 0 Å². The Hall–Kier alpha value is -2.70. The Balaban J connectivity index is 1.62. The molecule has 27 heavy (non-hydrogen) atoms. The Morgan fingerprint density at radius 2 is 1.78 bits per heavy atom. The maximum atomic E-state index is 13.2. The number of aromatic nitrogens is 1. The predicted molar refractivity (Wildman–Crippen MR) is 106 cm³/mol. The zero-order chi connectivity index (χ0) is 18.9. The van der Waals surface area contributed by atoms with Gasteiger partial charge in [-0.2, -0.15) is 0 Å². The van der Waals surface area contributed by atoms with E-state index in [-0.39, 0.29) is 6.04 Å². The summed E-state index contributed by atoms with van der Waals surface area (Å²) >= 11 is 0. The third kappa shape index (κ3) is 3.46. The number of nitrogens with zero attached hydrogens (tertiary/aromatic N) is 2. The fourth-order valence-corrected chi connectivity index (χ4v) is 4.80. The molecule has 0 bridgehead atoms. The van der Waals surface area contributed by atoms with Crippen LogP contribution >= 0.6 is 0 Å². The van der Waals surface area contributed by atoms with Gasteiger partial charge in [-0.3, -0.25) is 9.29 Å². The summed E-state index contributed by atoms with van der Waals surface area (Å²) in [6, 6.07) is 20.4. The van der Waals surface area contributed by atoms with E-state index in [1.54, 1.807) is 24.4 Å². The summed E-state index contributed by atoms with van der Waals surface area (Å²) in [6.45, 7) is 2.92. The van der Waals surface area contributed by atoms with Gasteiger partial charge >= 0.3 is 0 Å². The van der Waals surface area contributed by atoms with Crippen LogP contribution in [0, 0.1) is 6.92 Å². The van der Waals surface area contributed by atoms with Gasteiger partial charge in [0.1, 0.15) is 0 Å². The van der Waals surface area contributed by atoms with Crippen LogP contribution in [0.5, 0.6) is 0 Å². The third-order valence-electron chi connectivity index (χ3n) is 4.77. The van der Waals surface area contributed by atoms with Gasteiger partial charge in [0.05, 0.1) is 28.9 Å². The van der Waals surface area contributed by atoms with E-state index in [1.165, 1.54) is 4.31 Å². The van der Waals surface area contributed by atoms with Crippen molar-refractivity contribution in [3.05, 3.63) is 89.7 Å². The Labute approximate surface area is 159 Å². The molecule has 5 nitrogen and oxygen atoms in total. The highest BCUT2D eigenvalue weighted by molar-refractivity contribution is 7.92. The standard InChI is InChI=1S/C21H21N3O2S/c1-16-9-11-18(12-10-16)27(25,26)24-15-19(21-20(24)8-5-13-22-21)23-14-17-6-3-2-4-7-17/h2-13,19,23H,14-15H2,1H3. The van der Waals surface area contributed by atoms with Crippen molar-refractivity contribution in [2.75, 3.05) is 10.8 Å². The van der Waals surface area contributed by atoms with E-state index < -0.39 is 10.0 Å². The number of sulfonamides is 1. The molecule has 1 aliphatic heterocycles. The van der Waals surface area contributed by atoms with Gasteiger partial charge in [0.25, 0.3) is 10.0 Å². The second kappa shape index (κ2) is 7.13. The van der Waals surface area contributed by atoms with Crippen LogP contribution < -0.4 is 9.62 Å². The molecule has 6 heteroatoms. The molecule has 0 spiro atoms. The van der Waals surface area contributed by atoms with Crippen LogP contribution in [0.2, 0.25) is 0 Å². The highest BCUT2D eigenvalue weighted by Crippen LogP contribution is 2.37. The van der Waals surface area contributed by atoms with Crippen molar-refractivity contribution in [2.24, 2.45) is 0 Å². The largest absolute Gasteiger partial charge is 0.303 e. The average Bonchev–Trinajstić information content (AvgIpc) is 3.07. The molecule has 1 atom stereocenters. The van der Waals surface area contributed by atoms with E-state index in [0.29, 0.717) is 23.7 Å². The molecule has 138 valence electrons. The lowest BCUT2D eigenvalue weighted by molar-refractivity contribution is 0.546. The van der Waals surface area contributed by atoms with E-state index >= 15 is 0 Å². The first kappa shape index (κ1) is 17.7. The number of anilines is 1. The lowest BCUT2D eigenvalue weighted by Gasteiger charge is -2.20. The summed E-state index contributed by atoms with van der Waals surface area (Å²) in [6.07, 6.45) is 1.71. The van der Waals surface area contributed by atoms with Crippen molar-refractivity contribution in [3.8, 4) is 0 Å². The summed E-state index contributed by atoms with van der Waals surface area (Å²) in [7, 11) is -3.63. The second-order valence-electron chi connectivity index (χ2n) is 6.68. The monoisotopic (exact) mass is 379 g/mol. The van der Waals surface area contributed by atoms with Crippen LogP contribution in [-0.4, -0.2) is 19.9 Å². The molecule has 0 saturated carbocycles. The van der Waals surface area contributed by atoms with Crippen LogP contribution in [-0.2, 0) is 16.6 Å². The molecule has 1 aromatic heterocycles. The molecule has 0 saturated heterocycles. The summed E-state index contributed by atoms with van der Waals surface area (Å²) in [5.41, 5.74) is 3.59. The van der Waals surface area contributed by atoms with Gasteiger partial charge in [-0.1, -0.05) is 48.0 Å². The third-order valence-corrected chi connectivity index (χ3v) is 6.56. The second-order valence-corrected chi connectivity index (χ2v) is 8.54. The molecule has 2 aromatic carbocycles. The van der Waals surface area contributed by atoms with E-state index in [2.05, 4.69) is 10.3 Å². The van der Waals surface area contributed by atoms with Gasteiger partial charge in [0.2, 0.25) is 0 Å². The topological polar surface area (TPSA) is 62.3 Å². The van der Waals surface area contributed by atoms with Crippen LogP contribution in [0.25, 0.3) is 0 Å². The van der Waals surface area contributed by atoms with Crippen molar-refractivity contribution >= 4 is 15.7 Å². The number of nitrogens with one attached hydrogen (secondary N) is 1. The first-order valence-corrected chi connectivity index (χ1v) is 10.3. The number of hydrogen-bond acceptors (Lipinski definition) is 4. The van der Waals surface area contributed by atoms with E-state index in [1.807, 2.05) is 55.5 Å². The van der Waals surface area contributed by atoms with Crippen molar-refractivity contribution < 1.29 is 8.42 Å². The van der Waals surface area contributed by atoms with Crippen LogP contribution in [0.1, 0.15) is 22.9 Å². The summed E-state index contributed by atoms with van der Waals surface area (Å²) in [5, 5.41) is 3.45. The molecule has 1 N–H and O–H groups in total. The molecule has 0 radical (unpaired) electrons. The number of aryl methyl sites for hydroxylation is 1. The fraction of sp³-hybridized carbons (Fsp3) is 0.190. The molecule has 1 aliphatic rings. The molecular weight excluding hydrogens is 358 g/mol. The van der Waals surface area contributed by atoms with E-state index in [0.717, 1.165) is 16.8 Å². The maximum absolute atomic E-state index is 13.2. The highest BCUT2D eigenvalue weighted by atomic mass is 32.2. The minimum atomic E-state index is -3.63. The SMILES string of the molecule is Cc1ccc(S(=O)(=O)N2CC(NCc3ccccc3)c3ncccc32)cc1. The summed E-state index contributed by atoms with van der Waals surface area (Å²) in [5.74, 6) is 0. The van der Waals surface area contributed by atoms with Crippen molar-refractivity contribution in [2.45, 2.75) is 24.4 Å². The smallest absolute Gasteiger partial charge is 0.264 e. The Bertz CT molecular complexity index is 1030. The lowest BCUT2D eigenvalue weighted by atomic mass is 10.2. The molecule has 0 aliphatic carbocycles. The van der Waals surface area contributed by atoms with Crippen LogP contribution in [0.4, 0.5) is 5.69 Å². The minimum absolute atomic E-state index is 0.151. The van der Waals surface area contributed by atoms with Gasteiger partial charge in [-0.15, -0.1) is 0 Å². The zero-order valence-electron chi connectivity index (χ0n) is 15.0. The molecule has 3 aromatic rings. The quantitative estimate of drug-likeness (QED) is 0.738.